The van der Waals surface area contributed by atoms with E-state index in [1.165, 1.54) is 11.1 Å². The van der Waals surface area contributed by atoms with Crippen molar-refractivity contribution < 1.29 is 35.6 Å². The molecule has 86 valence electrons. The monoisotopic (exact) mass is 341 g/mol. The minimum atomic E-state index is 0. The van der Waals surface area contributed by atoms with E-state index in [1.54, 1.807) is 0 Å². The summed E-state index contributed by atoms with van der Waals surface area (Å²) in [4.78, 5) is 0. The third-order valence-corrected chi connectivity index (χ3v) is 1.69. The van der Waals surface area contributed by atoms with Gasteiger partial charge in [-0.1, -0.05) is 64.1 Å². The Morgan fingerprint density at radius 1 is 0.938 bits per heavy atom. The summed E-state index contributed by atoms with van der Waals surface area (Å²) in [5.41, 5.74) is 2.84. The Bertz CT molecular complexity index is 257. The zero-order valence-electron chi connectivity index (χ0n) is 11.3. The third-order valence-electron chi connectivity index (χ3n) is 1.69. The summed E-state index contributed by atoms with van der Waals surface area (Å²) >= 11 is 0. The molecule has 0 amide bonds. The third kappa shape index (κ3) is 8.38. The summed E-state index contributed by atoms with van der Waals surface area (Å²) in [5.74, 6) is 0. The number of fused-ring (bicyclic) bond motifs is 1. The molecular weight excluding hydrogens is 318 g/mol. The second-order valence-electron chi connectivity index (χ2n) is 2.31. The molecule has 0 spiro atoms. The van der Waals surface area contributed by atoms with Crippen molar-refractivity contribution in [2.75, 3.05) is 0 Å². The molecule has 0 fully saturated rings. The molecule has 1 aliphatic carbocycles. The molecule has 0 N–H and O–H groups in total. The Hall–Kier alpha value is 0.220. The Labute approximate surface area is 132 Å². The fraction of sp³-hybridized carbons (Fsp3) is 0.357. The van der Waals surface area contributed by atoms with Crippen molar-refractivity contribution in [3.05, 3.63) is 48.9 Å². The van der Waals surface area contributed by atoms with E-state index in [2.05, 4.69) is 36.4 Å². The van der Waals surface area contributed by atoms with Crippen LogP contribution in [0.4, 0.5) is 0 Å². The molecule has 0 heterocycles. The second kappa shape index (κ2) is 17.6. The van der Waals surface area contributed by atoms with Crippen LogP contribution in [0.5, 0.6) is 0 Å². The number of benzene rings is 1. The molecule has 0 aliphatic heterocycles. The zero-order valence-corrected chi connectivity index (χ0v) is 15.0. The quantitative estimate of drug-likeness (QED) is 0.485. The van der Waals surface area contributed by atoms with Gasteiger partial charge in [0, 0.05) is 44.0 Å². The predicted molar refractivity (Wildman–Crippen MR) is 74.0 cm³/mol. The zero-order chi connectivity index (χ0) is 10.1. The summed E-state index contributed by atoms with van der Waals surface area (Å²) in [6, 6.07) is 8.49. The first kappa shape index (κ1) is 25.2. The average Bonchev–Trinajstić information content (AvgIpc) is 2.71. The van der Waals surface area contributed by atoms with Gasteiger partial charge in [0.25, 0.3) is 0 Å². The van der Waals surface area contributed by atoms with Gasteiger partial charge in [-0.3, -0.25) is 0 Å². The van der Waals surface area contributed by atoms with Crippen LogP contribution in [-0.2, 0) is 6.42 Å². The fourth-order valence-corrected chi connectivity index (χ4v) is 1.20. The second-order valence-corrected chi connectivity index (χ2v) is 2.31. The van der Waals surface area contributed by atoms with Crippen molar-refractivity contribution in [1.29, 1.82) is 0 Å². The maximum Gasteiger partial charge on any atom is 0 e. The maximum absolute atomic E-state index is 2.20. The van der Waals surface area contributed by atoms with Crippen molar-refractivity contribution in [2.45, 2.75) is 34.1 Å². The van der Waals surface area contributed by atoms with E-state index in [4.69, 9.17) is 0 Å². The number of hydrogen-bond acceptors (Lipinski definition) is 0. The molecule has 0 unspecified atom stereocenters. The van der Waals surface area contributed by atoms with Crippen LogP contribution in [0.3, 0.4) is 0 Å². The van der Waals surface area contributed by atoms with Gasteiger partial charge >= 0.3 is 0 Å². The molecule has 1 aliphatic rings. The number of hydrogen-bond donors (Lipinski definition) is 0. The summed E-state index contributed by atoms with van der Waals surface area (Å²) in [5, 5.41) is 0. The molecule has 2 rings (SSSR count). The van der Waals surface area contributed by atoms with Crippen molar-refractivity contribution in [3.8, 4) is 0 Å². The first-order valence-electron chi connectivity index (χ1n) is 5.21. The van der Waals surface area contributed by atoms with Gasteiger partial charge in [-0.05, 0) is 17.5 Å². The largest absolute Gasteiger partial charge is 0.358 e. The molecule has 2 heteroatoms. The van der Waals surface area contributed by atoms with Crippen LogP contribution in [-0.4, -0.2) is 8.41 Å². The molecule has 0 saturated carbocycles. The molecule has 0 nitrogen and oxygen atoms in total. The molecule has 0 bridgehead atoms. The molecular formula is C14H23BLa-. The first-order chi connectivity index (χ1) is 6.47. The van der Waals surface area contributed by atoms with Gasteiger partial charge in [0.1, 0.15) is 0 Å². The van der Waals surface area contributed by atoms with Gasteiger partial charge < -0.3 is 7.43 Å². The van der Waals surface area contributed by atoms with E-state index in [-0.39, 0.29) is 51.4 Å². The van der Waals surface area contributed by atoms with E-state index in [1.807, 2.05) is 27.7 Å². The molecule has 0 saturated heterocycles. The van der Waals surface area contributed by atoms with Crippen LogP contribution in [0.25, 0.3) is 6.08 Å². The predicted octanol–water partition coefficient (Wildman–Crippen LogP) is 4.38. The standard InChI is InChI=1S/C9H8.2C2H6.CH3.B.La/c1-2-5-9-7-3-6-8(9)4-1;2*1-2;;;/h1-6H,7H2;2*1-2H3;1H3;;/q;;;-1;;. The summed E-state index contributed by atoms with van der Waals surface area (Å²) in [7, 11) is 0. The van der Waals surface area contributed by atoms with Gasteiger partial charge in [-0.25, -0.2) is 0 Å². The number of allylic oxidation sites excluding steroid dienone is 1. The smallest absolute Gasteiger partial charge is 0 e. The minimum absolute atomic E-state index is 0. The van der Waals surface area contributed by atoms with Crippen LogP contribution >= 0.6 is 0 Å². The van der Waals surface area contributed by atoms with E-state index in [0.29, 0.717) is 0 Å². The Morgan fingerprint density at radius 3 is 1.94 bits per heavy atom. The fourth-order valence-electron chi connectivity index (χ4n) is 1.20. The van der Waals surface area contributed by atoms with Gasteiger partial charge in [-0.2, -0.15) is 0 Å². The summed E-state index contributed by atoms with van der Waals surface area (Å²) in [6.45, 7) is 8.00. The molecule has 1 aromatic rings. The van der Waals surface area contributed by atoms with Crippen molar-refractivity contribution >= 4 is 14.5 Å². The molecule has 4 radical (unpaired) electrons. The van der Waals surface area contributed by atoms with Crippen LogP contribution in [0.1, 0.15) is 38.8 Å². The van der Waals surface area contributed by atoms with Gasteiger partial charge in [0.15, 0.2) is 0 Å². The molecule has 0 aromatic heterocycles. The van der Waals surface area contributed by atoms with Crippen molar-refractivity contribution in [2.24, 2.45) is 0 Å². The van der Waals surface area contributed by atoms with Crippen molar-refractivity contribution in [1.82, 2.24) is 0 Å². The average molecular weight is 341 g/mol. The number of rotatable bonds is 0. The van der Waals surface area contributed by atoms with Gasteiger partial charge in [0.05, 0.1) is 0 Å². The van der Waals surface area contributed by atoms with Crippen LogP contribution in [0, 0.1) is 43.0 Å². The Kier molecular flexibility index (Phi) is 27.7. The summed E-state index contributed by atoms with van der Waals surface area (Å²) < 4.78 is 0. The molecule has 16 heavy (non-hydrogen) atoms. The topological polar surface area (TPSA) is 0 Å². The van der Waals surface area contributed by atoms with E-state index < -0.39 is 0 Å². The SMILES string of the molecule is C1=Cc2ccccc2C1.CC.CC.[B].[CH3-].[La]. The Balaban J connectivity index is -0.0000000943. The molecule has 1 aromatic carbocycles. The first-order valence-corrected chi connectivity index (χ1v) is 5.21. The van der Waals surface area contributed by atoms with E-state index >= 15 is 0 Å². The van der Waals surface area contributed by atoms with Crippen LogP contribution in [0.2, 0.25) is 0 Å². The van der Waals surface area contributed by atoms with Crippen LogP contribution in [0.15, 0.2) is 30.3 Å². The van der Waals surface area contributed by atoms with Gasteiger partial charge in [-0.15, -0.1) is 0 Å². The van der Waals surface area contributed by atoms with Crippen molar-refractivity contribution in [3.63, 3.8) is 0 Å². The minimum Gasteiger partial charge on any atom is -0.358 e. The summed E-state index contributed by atoms with van der Waals surface area (Å²) in [6.07, 6.45) is 5.50. The van der Waals surface area contributed by atoms with E-state index in [9.17, 15) is 0 Å². The Morgan fingerprint density at radius 2 is 1.44 bits per heavy atom. The normalized spacial score (nSPS) is 8.50. The maximum atomic E-state index is 2.20. The molecule has 0 atom stereocenters. The van der Waals surface area contributed by atoms with E-state index in [0.717, 1.165) is 6.42 Å². The van der Waals surface area contributed by atoms with Crippen LogP contribution < -0.4 is 0 Å². The van der Waals surface area contributed by atoms with Gasteiger partial charge in [0.2, 0.25) is 0 Å².